The van der Waals surface area contributed by atoms with Crippen LogP contribution >= 0.6 is 11.3 Å². The van der Waals surface area contributed by atoms with Crippen LogP contribution in [-0.4, -0.2) is 10.9 Å². The van der Waals surface area contributed by atoms with Gasteiger partial charge in [-0.1, -0.05) is 36.4 Å². The Labute approximate surface area is 145 Å². The lowest BCUT2D eigenvalue weighted by Crippen LogP contribution is -2.37. The number of aryl methyl sites for hydroxylation is 1. The number of hydrogen-bond acceptors (Lipinski definition) is 4. The van der Waals surface area contributed by atoms with Crippen LogP contribution in [0.25, 0.3) is 6.08 Å². The molecule has 1 N–H and O–H groups in total. The molecule has 0 aliphatic rings. The van der Waals surface area contributed by atoms with Crippen molar-refractivity contribution in [2.24, 2.45) is 0 Å². The summed E-state index contributed by atoms with van der Waals surface area (Å²) >= 11 is 1.56. The fourth-order valence-corrected chi connectivity index (χ4v) is 2.78. The first kappa shape index (κ1) is 16.0. The highest BCUT2D eigenvalue weighted by atomic mass is 32.1. The minimum Gasteiger partial charge on any atom is -0.268 e. The summed E-state index contributed by atoms with van der Waals surface area (Å²) in [6, 6.07) is 19.4. The number of thiazole rings is 1. The molecule has 0 bridgehead atoms. The van der Waals surface area contributed by atoms with Gasteiger partial charge in [0.25, 0.3) is 5.91 Å². The van der Waals surface area contributed by atoms with E-state index in [0.29, 0.717) is 0 Å². The molecule has 0 aliphatic carbocycles. The summed E-state index contributed by atoms with van der Waals surface area (Å²) in [5.41, 5.74) is 5.47. The van der Waals surface area contributed by atoms with Crippen molar-refractivity contribution in [1.29, 1.82) is 0 Å². The molecule has 3 rings (SSSR count). The minimum atomic E-state index is -0.214. The van der Waals surface area contributed by atoms with Gasteiger partial charge >= 0.3 is 0 Å². The van der Waals surface area contributed by atoms with Gasteiger partial charge in [-0.2, -0.15) is 0 Å². The van der Waals surface area contributed by atoms with Crippen molar-refractivity contribution >= 4 is 34.7 Å². The van der Waals surface area contributed by atoms with Crippen LogP contribution in [0.4, 0.5) is 11.4 Å². The molecule has 0 unspecified atom stereocenters. The summed E-state index contributed by atoms with van der Waals surface area (Å²) in [4.78, 5) is 16.6. The van der Waals surface area contributed by atoms with Crippen molar-refractivity contribution in [3.63, 3.8) is 0 Å². The maximum absolute atomic E-state index is 12.3. The Morgan fingerprint density at radius 2 is 1.62 bits per heavy atom. The highest BCUT2D eigenvalue weighted by Crippen LogP contribution is 2.22. The molecular weight excluding hydrogens is 318 g/mol. The van der Waals surface area contributed by atoms with Gasteiger partial charge < -0.3 is 0 Å². The van der Waals surface area contributed by atoms with Gasteiger partial charge in [-0.3, -0.25) is 15.2 Å². The van der Waals surface area contributed by atoms with Crippen LogP contribution in [0.3, 0.4) is 0 Å². The molecule has 120 valence electrons. The van der Waals surface area contributed by atoms with E-state index in [2.05, 4.69) is 10.4 Å². The predicted molar refractivity (Wildman–Crippen MR) is 99.1 cm³/mol. The predicted octanol–water partition coefficient (Wildman–Crippen LogP) is 4.33. The van der Waals surface area contributed by atoms with Crippen molar-refractivity contribution in [1.82, 2.24) is 10.4 Å². The molecule has 0 saturated heterocycles. The van der Waals surface area contributed by atoms with Crippen LogP contribution in [0.2, 0.25) is 0 Å². The SMILES string of the molecule is Cc1nc(/C=C\C(=O)NN(c2ccccc2)c2ccccc2)cs1. The molecular formula is C19H17N3OS. The molecule has 0 fully saturated rings. The average molecular weight is 335 g/mol. The Hall–Kier alpha value is -2.92. The van der Waals surface area contributed by atoms with Gasteiger partial charge in [-0.25, -0.2) is 4.98 Å². The molecule has 0 aliphatic heterocycles. The van der Waals surface area contributed by atoms with E-state index in [1.54, 1.807) is 22.4 Å². The van der Waals surface area contributed by atoms with Gasteiger partial charge in [-0.15, -0.1) is 11.3 Å². The van der Waals surface area contributed by atoms with Crippen molar-refractivity contribution in [2.75, 3.05) is 5.01 Å². The zero-order valence-corrected chi connectivity index (χ0v) is 14.0. The van der Waals surface area contributed by atoms with Gasteiger partial charge in [0.1, 0.15) is 0 Å². The molecule has 2 aromatic carbocycles. The first-order valence-corrected chi connectivity index (χ1v) is 8.41. The summed E-state index contributed by atoms with van der Waals surface area (Å²) < 4.78 is 0. The highest BCUT2D eigenvalue weighted by molar-refractivity contribution is 7.09. The van der Waals surface area contributed by atoms with E-state index in [4.69, 9.17) is 0 Å². The number of benzene rings is 2. The van der Waals surface area contributed by atoms with E-state index in [1.807, 2.05) is 73.0 Å². The molecule has 1 heterocycles. The lowest BCUT2D eigenvalue weighted by atomic mass is 10.2. The van der Waals surface area contributed by atoms with E-state index in [1.165, 1.54) is 6.08 Å². The highest BCUT2D eigenvalue weighted by Gasteiger charge is 2.10. The van der Waals surface area contributed by atoms with Gasteiger partial charge in [-0.05, 0) is 37.3 Å². The van der Waals surface area contributed by atoms with Crippen molar-refractivity contribution in [3.05, 3.63) is 82.8 Å². The molecule has 3 aromatic rings. The molecule has 24 heavy (non-hydrogen) atoms. The zero-order valence-electron chi connectivity index (χ0n) is 13.2. The number of aromatic nitrogens is 1. The molecule has 1 amide bonds. The summed E-state index contributed by atoms with van der Waals surface area (Å²) in [5.74, 6) is -0.214. The van der Waals surface area contributed by atoms with Crippen LogP contribution in [-0.2, 0) is 4.79 Å². The van der Waals surface area contributed by atoms with E-state index < -0.39 is 0 Å². The largest absolute Gasteiger partial charge is 0.268 e. The van der Waals surface area contributed by atoms with Crippen LogP contribution in [0.15, 0.2) is 72.1 Å². The van der Waals surface area contributed by atoms with Gasteiger partial charge in [0.2, 0.25) is 0 Å². The number of hydrogen-bond donors (Lipinski definition) is 1. The number of para-hydroxylation sites is 2. The van der Waals surface area contributed by atoms with Crippen LogP contribution < -0.4 is 10.4 Å². The smallest absolute Gasteiger partial charge is 0.262 e. The summed E-state index contributed by atoms with van der Waals surface area (Å²) in [6.45, 7) is 1.94. The second kappa shape index (κ2) is 7.57. The molecule has 1 aromatic heterocycles. The fourth-order valence-electron chi connectivity index (χ4n) is 2.20. The number of hydrazine groups is 1. The molecule has 0 saturated carbocycles. The van der Waals surface area contributed by atoms with E-state index in [9.17, 15) is 4.79 Å². The number of rotatable bonds is 5. The summed E-state index contributed by atoms with van der Waals surface area (Å²) in [5, 5.41) is 4.66. The summed E-state index contributed by atoms with van der Waals surface area (Å²) in [6.07, 6.45) is 3.21. The Bertz CT molecular complexity index is 789. The van der Waals surface area contributed by atoms with Crippen molar-refractivity contribution in [2.45, 2.75) is 6.92 Å². The van der Waals surface area contributed by atoms with Crippen molar-refractivity contribution < 1.29 is 4.79 Å². The number of amides is 1. The third kappa shape index (κ3) is 4.08. The zero-order chi connectivity index (χ0) is 16.8. The number of carbonyl (C=O) groups excluding carboxylic acids is 1. The maximum atomic E-state index is 12.3. The maximum Gasteiger partial charge on any atom is 0.262 e. The van der Waals surface area contributed by atoms with Crippen molar-refractivity contribution in [3.8, 4) is 0 Å². The van der Waals surface area contributed by atoms with Crippen LogP contribution in [0.1, 0.15) is 10.7 Å². The molecule has 5 heteroatoms. The first-order chi connectivity index (χ1) is 11.7. The topological polar surface area (TPSA) is 45.2 Å². The Morgan fingerprint density at radius 3 is 2.12 bits per heavy atom. The normalized spacial score (nSPS) is 10.7. The molecule has 4 nitrogen and oxygen atoms in total. The second-order valence-corrected chi connectivity index (χ2v) is 6.17. The minimum absolute atomic E-state index is 0.214. The molecule has 0 radical (unpaired) electrons. The molecule has 0 atom stereocenters. The first-order valence-electron chi connectivity index (χ1n) is 7.53. The van der Waals surface area contributed by atoms with Gasteiger partial charge in [0, 0.05) is 11.5 Å². The third-order valence-electron chi connectivity index (χ3n) is 3.29. The molecule has 0 spiro atoms. The van der Waals surface area contributed by atoms with Gasteiger partial charge in [0.05, 0.1) is 22.1 Å². The monoisotopic (exact) mass is 335 g/mol. The van der Waals surface area contributed by atoms with E-state index in [-0.39, 0.29) is 5.91 Å². The van der Waals surface area contributed by atoms with E-state index in [0.717, 1.165) is 22.1 Å². The number of anilines is 2. The lowest BCUT2D eigenvalue weighted by molar-refractivity contribution is -0.116. The number of nitrogens with one attached hydrogen (secondary N) is 1. The number of carbonyl (C=O) groups is 1. The lowest BCUT2D eigenvalue weighted by Gasteiger charge is -2.24. The number of nitrogens with zero attached hydrogens (tertiary/aromatic N) is 2. The van der Waals surface area contributed by atoms with Crippen LogP contribution in [0, 0.1) is 6.92 Å². The fraction of sp³-hybridized carbons (Fsp3) is 0.0526. The third-order valence-corrected chi connectivity index (χ3v) is 4.08. The Balaban J connectivity index is 1.79. The quantitative estimate of drug-likeness (QED) is 0.557. The van der Waals surface area contributed by atoms with Gasteiger partial charge in [0.15, 0.2) is 0 Å². The standard InChI is InChI=1S/C19H17N3OS/c1-15-20-16(14-24-15)12-13-19(23)21-22(17-8-4-2-5-9-17)18-10-6-3-7-11-18/h2-14H,1H3,(H,21,23)/b13-12-. The Morgan fingerprint density at radius 1 is 1.04 bits per heavy atom. The second-order valence-electron chi connectivity index (χ2n) is 5.11. The Kier molecular flexibility index (Phi) is 5.03. The van der Waals surface area contributed by atoms with E-state index >= 15 is 0 Å². The summed E-state index contributed by atoms with van der Waals surface area (Å²) in [7, 11) is 0. The average Bonchev–Trinajstić information content (AvgIpc) is 3.05. The van der Waals surface area contributed by atoms with Crippen LogP contribution in [0.5, 0.6) is 0 Å².